The summed E-state index contributed by atoms with van der Waals surface area (Å²) in [6, 6.07) is 18.6. The maximum absolute atomic E-state index is 13.4. The van der Waals surface area contributed by atoms with Crippen molar-refractivity contribution in [2.75, 3.05) is 18.0 Å². The summed E-state index contributed by atoms with van der Waals surface area (Å²) in [5.41, 5.74) is 8.22. The van der Waals surface area contributed by atoms with Gasteiger partial charge in [-0.3, -0.25) is 13.9 Å². The fourth-order valence-corrected chi connectivity index (χ4v) is 4.59. The standard InChI is InChI=1S/C26H26N6O2/c1-30-25(33)23(13-18-7-2-3-8-19(18)14-27)24(31-12-6-11-22(29)17-31)32(26(30)34)16-21-10-5-4-9-20(21)15-28/h2-5,7-10,22H,6,11-13,16-17,29H2,1H3/t22-/m1/s1. The maximum Gasteiger partial charge on any atom is 0.332 e. The topological polar surface area (TPSA) is 121 Å². The zero-order valence-corrected chi connectivity index (χ0v) is 19.1. The van der Waals surface area contributed by atoms with E-state index in [9.17, 15) is 20.1 Å². The number of piperidine rings is 1. The van der Waals surface area contributed by atoms with Gasteiger partial charge in [0, 0.05) is 32.6 Å². The van der Waals surface area contributed by atoms with Crippen LogP contribution < -0.4 is 21.9 Å². The number of nitrogens with zero attached hydrogens (tertiary/aromatic N) is 5. The number of hydrogen-bond donors (Lipinski definition) is 1. The molecule has 172 valence electrons. The molecule has 2 aromatic carbocycles. The zero-order chi connectivity index (χ0) is 24.2. The van der Waals surface area contributed by atoms with Crippen LogP contribution >= 0.6 is 0 Å². The second-order valence-electron chi connectivity index (χ2n) is 8.60. The van der Waals surface area contributed by atoms with E-state index >= 15 is 0 Å². The molecule has 1 aliphatic heterocycles. The van der Waals surface area contributed by atoms with Crippen LogP contribution in [0.25, 0.3) is 0 Å². The summed E-state index contributed by atoms with van der Waals surface area (Å²) < 4.78 is 2.67. The van der Waals surface area contributed by atoms with Gasteiger partial charge in [-0.1, -0.05) is 36.4 Å². The van der Waals surface area contributed by atoms with Gasteiger partial charge < -0.3 is 10.6 Å². The predicted octanol–water partition coefficient (Wildman–Crippen LogP) is 1.86. The smallest absolute Gasteiger partial charge is 0.332 e. The summed E-state index contributed by atoms with van der Waals surface area (Å²) >= 11 is 0. The van der Waals surface area contributed by atoms with Gasteiger partial charge in [-0.15, -0.1) is 0 Å². The first-order chi connectivity index (χ1) is 16.4. The lowest BCUT2D eigenvalue weighted by Gasteiger charge is -2.35. The molecule has 0 unspecified atom stereocenters. The zero-order valence-electron chi connectivity index (χ0n) is 19.1. The molecule has 8 nitrogen and oxygen atoms in total. The number of benzene rings is 2. The molecule has 3 aromatic rings. The minimum atomic E-state index is -0.454. The van der Waals surface area contributed by atoms with E-state index < -0.39 is 11.2 Å². The summed E-state index contributed by atoms with van der Waals surface area (Å²) in [7, 11) is 1.46. The van der Waals surface area contributed by atoms with Gasteiger partial charge in [-0.05, 0) is 36.1 Å². The van der Waals surface area contributed by atoms with E-state index in [1.54, 1.807) is 28.8 Å². The molecule has 1 saturated heterocycles. The van der Waals surface area contributed by atoms with Crippen molar-refractivity contribution in [3.8, 4) is 12.1 Å². The molecular formula is C26H26N6O2. The normalized spacial score (nSPS) is 15.5. The van der Waals surface area contributed by atoms with Gasteiger partial charge >= 0.3 is 5.69 Å². The lowest BCUT2D eigenvalue weighted by Crippen LogP contribution is -2.49. The van der Waals surface area contributed by atoms with Crippen molar-refractivity contribution in [3.05, 3.63) is 97.2 Å². The van der Waals surface area contributed by atoms with Crippen LogP contribution in [0.4, 0.5) is 5.82 Å². The first kappa shape index (κ1) is 23.0. The number of nitriles is 2. The lowest BCUT2D eigenvalue weighted by atomic mass is 9.99. The van der Waals surface area contributed by atoms with Crippen molar-refractivity contribution in [2.24, 2.45) is 12.8 Å². The molecule has 0 bridgehead atoms. The van der Waals surface area contributed by atoms with E-state index in [0.717, 1.165) is 17.4 Å². The molecular weight excluding hydrogens is 428 g/mol. The van der Waals surface area contributed by atoms with Gasteiger partial charge in [-0.2, -0.15) is 10.5 Å². The monoisotopic (exact) mass is 454 g/mol. The van der Waals surface area contributed by atoms with Crippen molar-refractivity contribution < 1.29 is 0 Å². The molecule has 0 spiro atoms. The second-order valence-corrected chi connectivity index (χ2v) is 8.60. The minimum absolute atomic E-state index is 0.0769. The Bertz CT molecular complexity index is 1330. The average Bonchev–Trinajstić information content (AvgIpc) is 2.86. The number of aromatic nitrogens is 2. The van der Waals surface area contributed by atoms with Crippen molar-refractivity contribution in [1.82, 2.24) is 9.13 Å². The Labute approximate surface area is 197 Å². The molecule has 34 heavy (non-hydrogen) atoms. The van der Waals surface area contributed by atoms with E-state index in [1.165, 1.54) is 7.05 Å². The van der Waals surface area contributed by atoms with Gasteiger partial charge in [0.05, 0.1) is 35.4 Å². The molecule has 1 aliphatic rings. The van der Waals surface area contributed by atoms with Crippen LogP contribution in [0.2, 0.25) is 0 Å². The summed E-state index contributed by atoms with van der Waals surface area (Å²) in [6.07, 6.45) is 1.92. The molecule has 8 heteroatoms. The fourth-order valence-electron chi connectivity index (χ4n) is 4.59. The molecule has 1 fully saturated rings. The fraction of sp³-hybridized carbons (Fsp3) is 0.308. The Kier molecular flexibility index (Phi) is 6.62. The molecule has 2 heterocycles. The average molecular weight is 455 g/mol. The van der Waals surface area contributed by atoms with Gasteiger partial charge in [0.1, 0.15) is 5.82 Å². The third kappa shape index (κ3) is 4.36. The summed E-state index contributed by atoms with van der Waals surface area (Å²) in [4.78, 5) is 28.8. The van der Waals surface area contributed by atoms with Gasteiger partial charge in [0.25, 0.3) is 5.56 Å². The minimum Gasteiger partial charge on any atom is -0.356 e. The van der Waals surface area contributed by atoms with Gasteiger partial charge in [0.2, 0.25) is 0 Å². The van der Waals surface area contributed by atoms with Crippen LogP contribution in [-0.4, -0.2) is 28.3 Å². The van der Waals surface area contributed by atoms with E-state index in [0.29, 0.717) is 46.7 Å². The summed E-state index contributed by atoms with van der Waals surface area (Å²) in [5.74, 6) is 0.517. The van der Waals surface area contributed by atoms with Crippen LogP contribution in [0.5, 0.6) is 0 Å². The van der Waals surface area contributed by atoms with E-state index in [-0.39, 0.29) is 19.0 Å². The van der Waals surface area contributed by atoms with E-state index in [2.05, 4.69) is 12.1 Å². The maximum atomic E-state index is 13.4. The molecule has 0 saturated carbocycles. The molecule has 1 atom stereocenters. The third-order valence-corrected chi connectivity index (χ3v) is 6.33. The Morgan fingerprint density at radius 2 is 1.62 bits per heavy atom. The number of rotatable bonds is 5. The Morgan fingerprint density at radius 1 is 1.00 bits per heavy atom. The highest BCUT2D eigenvalue weighted by Gasteiger charge is 2.27. The van der Waals surface area contributed by atoms with Crippen LogP contribution in [-0.2, 0) is 20.0 Å². The van der Waals surface area contributed by atoms with Gasteiger partial charge in [0.15, 0.2) is 0 Å². The first-order valence-electron chi connectivity index (χ1n) is 11.2. The van der Waals surface area contributed by atoms with Crippen molar-refractivity contribution >= 4 is 5.82 Å². The second kappa shape index (κ2) is 9.78. The third-order valence-electron chi connectivity index (χ3n) is 6.33. The molecule has 0 amide bonds. The molecule has 0 aliphatic carbocycles. The summed E-state index contributed by atoms with van der Waals surface area (Å²) in [6.45, 7) is 1.32. The van der Waals surface area contributed by atoms with Crippen molar-refractivity contribution in [3.63, 3.8) is 0 Å². The highest BCUT2D eigenvalue weighted by Crippen LogP contribution is 2.25. The number of anilines is 1. The number of hydrogen-bond acceptors (Lipinski definition) is 6. The van der Waals surface area contributed by atoms with Crippen molar-refractivity contribution in [1.29, 1.82) is 10.5 Å². The molecule has 1 aromatic heterocycles. The molecule has 4 rings (SSSR count). The Balaban J connectivity index is 1.96. The van der Waals surface area contributed by atoms with Crippen LogP contribution in [0, 0.1) is 22.7 Å². The number of nitrogens with two attached hydrogens (primary N) is 1. The predicted molar refractivity (Wildman–Crippen MR) is 130 cm³/mol. The summed E-state index contributed by atoms with van der Waals surface area (Å²) in [5, 5.41) is 19.2. The van der Waals surface area contributed by atoms with E-state index in [4.69, 9.17) is 5.73 Å². The largest absolute Gasteiger partial charge is 0.356 e. The van der Waals surface area contributed by atoms with Gasteiger partial charge in [-0.25, -0.2) is 4.79 Å². The first-order valence-corrected chi connectivity index (χ1v) is 11.2. The SMILES string of the molecule is Cn1c(=O)c(Cc2ccccc2C#N)c(N2CCC[C@@H](N)C2)n(Cc2ccccc2C#N)c1=O. The molecule has 2 N–H and O–H groups in total. The van der Waals surface area contributed by atoms with E-state index in [1.807, 2.05) is 29.2 Å². The highest BCUT2D eigenvalue weighted by atomic mass is 16.2. The highest BCUT2D eigenvalue weighted by molar-refractivity contribution is 5.52. The Hall–Kier alpha value is -4.14. The van der Waals surface area contributed by atoms with Crippen LogP contribution in [0.3, 0.4) is 0 Å². The van der Waals surface area contributed by atoms with Crippen LogP contribution in [0.15, 0.2) is 58.1 Å². The van der Waals surface area contributed by atoms with Crippen molar-refractivity contribution in [2.45, 2.75) is 31.8 Å². The quantitative estimate of drug-likeness (QED) is 0.628. The Morgan fingerprint density at radius 3 is 2.26 bits per heavy atom. The van der Waals surface area contributed by atoms with Crippen LogP contribution in [0.1, 0.15) is 40.7 Å². The molecule has 0 radical (unpaired) electrons. The lowest BCUT2D eigenvalue weighted by molar-refractivity contribution is 0.489.